The van der Waals surface area contributed by atoms with Crippen LogP contribution >= 0.6 is 31.9 Å². The summed E-state index contributed by atoms with van der Waals surface area (Å²) in [4.78, 5) is 39.9. The van der Waals surface area contributed by atoms with Crippen LogP contribution in [0.4, 0.5) is 0 Å². The summed E-state index contributed by atoms with van der Waals surface area (Å²) in [5.41, 5.74) is 5.29. The number of amides is 2. The van der Waals surface area contributed by atoms with Gasteiger partial charge in [0, 0.05) is 67.4 Å². The van der Waals surface area contributed by atoms with Crippen molar-refractivity contribution in [1.29, 1.82) is 0 Å². The van der Waals surface area contributed by atoms with E-state index in [-0.39, 0.29) is 11.8 Å². The highest BCUT2D eigenvalue weighted by molar-refractivity contribution is 9.10. The lowest BCUT2D eigenvalue weighted by atomic mass is 9.92. The molecule has 0 spiro atoms. The molecule has 0 aliphatic carbocycles. The van der Waals surface area contributed by atoms with Gasteiger partial charge < -0.3 is 19.8 Å². The number of benzene rings is 4. The third-order valence-electron chi connectivity index (χ3n) is 7.99. The summed E-state index contributed by atoms with van der Waals surface area (Å²) in [6.07, 6.45) is 3.74. The zero-order chi connectivity index (χ0) is 28.8. The third-order valence-corrected chi connectivity index (χ3v) is 8.98. The Labute approximate surface area is 259 Å². The Bertz CT molecular complexity index is 1790. The second kappa shape index (κ2) is 10.9. The first-order valence-electron chi connectivity index (χ1n) is 13.7. The second-order valence-electron chi connectivity index (χ2n) is 10.6. The summed E-state index contributed by atoms with van der Waals surface area (Å²) >= 11 is 7.10. The first-order valence-corrected chi connectivity index (χ1v) is 15.3. The molecular weight excluding hydrogens is 656 g/mol. The Balaban J connectivity index is 1.41. The predicted octanol–water partition coefficient (Wildman–Crippen LogP) is 8.03. The summed E-state index contributed by atoms with van der Waals surface area (Å²) in [5, 5.41) is 1.83. The highest BCUT2D eigenvalue weighted by atomic mass is 79.9. The largest absolute Gasteiger partial charge is 0.361 e. The van der Waals surface area contributed by atoms with E-state index in [0.29, 0.717) is 13.1 Å². The average molecular weight is 682 g/mol. The molecule has 0 saturated carbocycles. The Hall–Kier alpha value is -4.14. The van der Waals surface area contributed by atoms with Crippen molar-refractivity contribution < 1.29 is 9.59 Å². The lowest BCUT2D eigenvalue weighted by molar-refractivity contribution is -0.164. The molecule has 1 saturated heterocycles. The van der Waals surface area contributed by atoms with Crippen LogP contribution < -0.4 is 0 Å². The normalized spacial score (nSPS) is 17.5. The van der Waals surface area contributed by atoms with Crippen molar-refractivity contribution in [3.05, 3.63) is 141 Å². The molecule has 2 unspecified atom stereocenters. The molecule has 3 heterocycles. The molecule has 6 nitrogen and oxygen atoms in total. The lowest BCUT2D eigenvalue weighted by Crippen LogP contribution is -2.56. The Kier molecular flexibility index (Phi) is 6.96. The zero-order valence-electron chi connectivity index (χ0n) is 22.4. The smallest absolute Gasteiger partial charge is 0.251 e. The standard InChI is InChI=1S/C34H26Br2N4O2/c35-23-11-13-25-27(17-37-29(25)15-23)31-34(42)40(20-22-9-5-2-6-10-22)32(28-18-38-30-16-24(36)12-14-26(28)30)33(41)39(31)19-21-7-3-1-4-8-21/h1-18,31-32,37-38H,19-20H2. The number of piperazine rings is 1. The first kappa shape index (κ1) is 26.7. The molecule has 1 aliphatic heterocycles. The van der Waals surface area contributed by atoms with Gasteiger partial charge in [0.25, 0.3) is 11.8 Å². The number of halogens is 2. The van der Waals surface area contributed by atoms with Gasteiger partial charge in [-0.05, 0) is 35.4 Å². The number of H-pyrrole nitrogens is 2. The minimum Gasteiger partial charge on any atom is -0.361 e. The van der Waals surface area contributed by atoms with Gasteiger partial charge in [-0.3, -0.25) is 9.59 Å². The molecule has 2 amide bonds. The van der Waals surface area contributed by atoms with E-state index in [1.165, 1.54) is 0 Å². The molecule has 1 fully saturated rings. The molecule has 0 bridgehead atoms. The van der Waals surface area contributed by atoms with Gasteiger partial charge in [0.15, 0.2) is 0 Å². The summed E-state index contributed by atoms with van der Waals surface area (Å²) in [7, 11) is 0. The maximum atomic E-state index is 14.9. The van der Waals surface area contributed by atoms with Crippen molar-refractivity contribution in [2.75, 3.05) is 0 Å². The molecule has 2 N–H and O–H groups in total. The Morgan fingerprint density at radius 1 is 0.571 bits per heavy atom. The fourth-order valence-electron chi connectivity index (χ4n) is 6.03. The lowest BCUT2D eigenvalue weighted by Gasteiger charge is -2.45. The van der Waals surface area contributed by atoms with Crippen LogP contribution in [0.2, 0.25) is 0 Å². The summed E-state index contributed by atoms with van der Waals surface area (Å²) < 4.78 is 1.87. The number of aromatic amines is 2. The van der Waals surface area contributed by atoms with Crippen molar-refractivity contribution in [3.63, 3.8) is 0 Å². The number of hydrogen-bond acceptors (Lipinski definition) is 2. The van der Waals surface area contributed by atoms with Gasteiger partial charge in [-0.25, -0.2) is 0 Å². The van der Waals surface area contributed by atoms with Crippen LogP contribution in [0.25, 0.3) is 21.8 Å². The highest BCUT2D eigenvalue weighted by Crippen LogP contribution is 2.43. The molecule has 2 aromatic heterocycles. The van der Waals surface area contributed by atoms with E-state index in [2.05, 4.69) is 41.8 Å². The fraction of sp³-hybridized carbons (Fsp3) is 0.118. The number of fused-ring (bicyclic) bond motifs is 2. The van der Waals surface area contributed by atoms with Crippen LogP contribution in [-0.2, 0) is 22.7 Å². The van der Waals surface area contributed by atoms with Crippen LogP contribution in [0.3, 0.4) is 0 Å². The van der Waals surface area contributed by atoms with Gasteiger partial charge in [0.1, 0.15) is 12.1 Å². The van der Waals surface area contributed by atoms with Crippen molar-refractivity contribution in [2.45, 2.75) is 25.2 Å². The van der Waals surface area contributed by atoms with Crippen molar-refractivity contribution in [1.82, 2.24) is 19.8 Å². The maximum absolute atomic E-state index is 14.9. The van der Waals surface area contributed by atoms with Gasteiger partial charge in [0.2, 0.25) is 0 Å². The molecule has 7 rings (SSSR count). The number of rotatable bonds is 6. The van der Waals surface area contributed by atoms with E-state index in [1.54, 1.807) is 9.80 Å². The van der Waals surface area contributed by atoms with E-state index in [0.717, 1.165) is 53.0 Å². The Morgan fingerprint density at radius 2 is 0.976 bits per heavy atom. The van der Waals surface area contributed by atoms with E-state index in [1.807, 2.05) is 109 Å². The molecule has 208 valence electrons. The van der Waals surface area contributed by atoms with Gasteiger partial charge in [-0.15, -0.1) is 0 Å². The monoisotopic (exact) mass is 680 g/mol. The first-order chi connectivity index (χ1) is 20.5. The van der Waals surface area contributed by atoms with E-state index >= 15 is 0 Å². The molecule has 4 aromatic carbocycles. The van der Waals surface area contributed by atoms with Crippen molar-refractivity contribution in [2.24, 2.45) is 0 Å². The fourth-order valence-corrected chi connectivity index (χ4v) is 6.75. The van der Waals surface area contributed by atoms with E-state index in [9.17, 15) is 9.59 Å². The number of hydrogen-bond donors (Lipinski definition) is 2. The van der Waals surface area contributed by atoms with Crippen LogP contribution in [-0.4, -0.2) is 31.6 Å². The topological polar surface area (TPSA) is 72.2 Å². The minimum absolute atomic E-state index is 0.116. The summed E-state index contributed by atoms with van der Waals surface area (Å²) in [5.74, 6) is -0.232. The number of nitrogens with zero attached hydrogens (tertiary/aromatic N) is 2. The summed E-state index contributed by atoms with van der Waals surface area (Å²) in [6.45, 7) is 0.617. The maximum Gasteiger partial charge on any atom is 0.251 e. The van der Waals surface area contributed by atoms with Crippen molar-refractivity contribution >= 4 is 65.5 Å². The number of carbonyl (C=O) groups is 2. The molecule has 0 radical (unpaired) electrons. The number of aromatic nitrogens is 2. The predicted molar refractivity (Wildman–Crippen MR) is 171 cm³/mol. The molecule has 6 aromatic rings. The van der Waals surface area contributed by atoms with Gasteiger partial charge >= 0.3 is 0 Å². The molecule has 42 heavy (non-hydrogen) atoms. The molecule has 8 heteroatoms. The van der Waals surface area contributed by atoms with Gasteiger partial charge in [-0.1, -0.05) is 105 Å². The molecule has 2 atom stereocenters. The van der Waals surface area contributed by atoms with Crippen LogP contribution in [0.15, 0.2) is 118 Å². The number of nitrogens with one attached hydrogen (secondary N) is 2. The van der Waals surface area contributed by atoms with E-state index in [4.69, 9.17) is 0 Å². The third kappa shape index (κ3) is 4.74. The van der Waals surface area contributed by atoms with Crippen LogP contribution in [0.1, 0.15) is 34.3 Å². The van der Waals surface area contributed by atoms with Gasteiger partial charge in [-0.2, -0.15) is 0 Å². The van der Waals surface area contributed by atoms with Gasteiger partial charge in [0.05, 0.1) is 0 Å². The molecule has 1 aliphatic rings. The minimum atomic E-state index is -0.799. The highest BCUT2D eigenvalue weighted by Gasteiger charge is 2.48. The van der Waals surface area contributed by atoms with Crippen LogP contribution in [0, 0.1) is 0 Å². The van der Waals surface area contributed by atoms with Crippen molar-refractivity contribution in [3.8, 4) is 0 Å². The van der Waals surface area contributed by atoms with Crippen LogP contribution in [0.5, 0.6) is 0 Å². The quantitative estimate of drug-likeness (QED) is 0.187. The SMILES string of the molecule is O=C1C(c2c[nH]c3cc(Br)ccc23)N(Cc2ccccc2)C(=O)C(c2c[nH]c3cc(Br)ccc23)N1Cc1ccccc1. The number of carbonyl (C=O) groups excluding carboxylic acids is 2. The molecular formula is C34H26Br2N4O2. The Morgan fingerprint density at radius 3 is 1.38 bits per heavy atom. The second-order valence-corrected chi connectivity index (χ2v) is 12.4. The zero-order valence-corrected chi connectivity index (χ0v) is 25.6. The van der Waals surface area contributed by atoms with E-state index < -0.39 is 12.1 Å². The average Bonchev–Trinajstić information content (AvgIpc) is 3.60. The summed E-state index contributed by atoms with van der Waals surface area (Å²) in [6, 6.07) is 30.0.